The van der Waals surface area contributed by atoms with Crippen molar-refractivity contribution in [1.82, 2.24) is 5.32 Å². The van der Waals surface area contributed by atoms with Gasteiger partial charge in [-0.25, -0.2) is 4.79 Å². The van der Waals surface area contributed by atoms with Crippen LogP contribution in [0.15, 0.2) is 18.2 Å². The van der Waals surface area contributed by atoms with Gasteiger partial charge in [0.05, 0.1) is 18.0 Å². The lowest BCUT2D eigenvalue weighted by Gasteiger charge is -2.23. The van der Waals surface area contributed by atoms with Crippen molar-refractivity contribution in [1.29, 1.82) is 0 Å². The molecule has 0 bridgehead atoms. The number of nitro groups is 1. The zero-order valence-electron chi connectivity index (χ0n) is 12.5. The number of amides is 1. The SMILES string of the molecule is CCOC(=O)C(C)(C)NC(=O)Cc1ccc(Cl)cc1[N+](=O)[O-]. The first-order chi connectivity index (χ1) is 10.2. The van der Waals surface area contributed by atoms with Crippen molar-refractivity contribution in [3.8, 4) is 0 Å². The highest BCUT2D eigenvalue weighted by atomic mass is 35.5. The topological polar surface area (TPSA) is 98.5 Å². The summed E-state index contributed by atoms with van der Waals surface area (Å²) < 4.78 is 4.86. The predicted molar refractivity (Wildman–Crippen MR) is 80.7 cm³/mol. The molecular formula is C14H17ClN2O5. The van der Waals surface area contributed by atoms with Gasteiger partial charge in [0, 0.05) is 16.7 Å². The van der Waals surface area contributed by atoms with Crippen LogP contribution >= 0.6 is 11.6 Å². The van der Waals surface area contributed by atoms with Gasteiger partial charge in [0.25, 0.3) is 5.69 Å². The Labute approximate surface area is 132 Å². The molecule has 0 radical (unpaired) electrons. The summed E-state index contributed by atoms with van der Waals surface area (Å²) in [7, 11) is 0. The number of benzene rings is 1. The number of nitrogens with one attached hydrogen (secondary N) is 1. The Kier molecular flexibility index (Phi) is 5.87. The number of halogens is 1. The summed E-state index contributed by atoms with van der Waals surface area (Å²) in [5.41, 5.74) is -1.24. The summed E-state index contributed by atoms with van der Waals surface area (Å²) in [6.07, 6.45) is -0.240. The first kappa shape index (κ1) is 17.9. The molecule has 8 heteroatoms. The lowest BCUT2D eigenvalue weighted by Crippen LogP contribution is -2.51. The Hall–Kier alpha value is -2.15. The maximum absolute atomic E-state index is 12.0. The van der Waals surface area contributed by atoms with E-state index in [1.165, 1.54) is 32.0 Å². The average molecular weight is 329 g/mol. The highest BCUT2D eigenvalue weighted by molar-refractivity contribution is 6.30. The Morgan fingerprint density at radius 3 is 2.59 bits per heavy atom. The van der Waals surface area contributed by atoms with Gasteiger partial charge in [-0.15, -0.1) is 0 Å². The molecule has 0 aliphatic heterocycles. The monoisotopic (exact) mass is 328 g/mol. The number of hydrogen-bond acceptors (Lipinski definition) is 5. The molecular weight excluding hydrogens is 312 g/mol. The van der Waals surface area contributed by atoms with E-state index >= 15 is 0 Å². The normalized spacial score (nSPS) is 10.9. The van der Waals surface area contributed by atoms with Crippen molar-refractivity contribution in [3.63, 3.8) is 0 Å². The van der Waals surface area contributed by atoms with Gasteiger partial charge in [-0.05, 0) is 26.8 Å². The zero-order chi connectivity index (χ0) is 16.9. The summed E-state index contributed by atoms with van der Waals surface area (Å²) in [6, 6.07) is 4.06. The third-order valence-corrected chi connectivity index (χ3v) is 3.07. The smallest absolute Gasteiger partial charge is 0.331 e. The second-order valence-corrected chi connectivity index (χ2v) is 5.54. The standard InChI is InChI=1S/C14H17ClN2O5/c1-4-22-13(19)14(2,3)16-12(18)7-9-5-6-10(15)8-11(9)17(20)21/h5-6,8H,4,7H2,1-3H3,(H,16,18). The third kappa shape index (κ3) is 4.70. The molecule has 1 amide bonds. The molecule has 0 unspecified atom stereocenters. The summed E-state index contributed by atoms with van der Waals surface area (Å²) in [6.45, 7) is 4.85. The Bertz CT molecular complexity index is 601. The molecule has 0 spiro atoms. The van der Waals surface area contributed by atoms with Crippen LogP contribution in [0.3, 0.4) is 0 Å². The molecule has 0 atom stereocenters. The predicted octanol–water partition coefficient (Wildman–Crippen LogP) is 2.25. The minimum atomic E-state index is -1.21. The highest BCUT2D eigenvalue weighted by Gasteiger charge is 2.31. The largest absolute Gasteiger partial charge is 0.464 e. The van der Waals surface area contributed by atoms with Crippen LogP contribution in [0.5, 0.6) is 0 Å². The van der Waals surface area contributed by atoms with Gasteiger partial charge >= 0.3 is 5.97 Å². The lowest BCUT2D eigenvalue weighted by molar-refractivity contribution is -0.385. The van der Waals surface area contributed by atoms with Crippen molar-refractivity contribution in [3.05, 3.63) is 38.9 Å². The van der Waals surface area contributed by atoms with Crippen LogP contribution in [0.2, 0.25) is 5.02 Å². The number of carbonyl (C=O) groups is 2. The van der Waals surface area contributed by atoms with Gasteiger partial charge in [0.1, 0.15) is 5.54 Å². The average Bonchev–Trinajstić information content (AvgIpc) is 2.40. The molecule has 1 aromatic rings. The van der Waals surface area contributed by atoms with E-state index in [1.807, 2.05) is 0 Å². The van der Waals surface area contributed by atoms with Gasteiger partial charge < -0.3 is 10.1 Å². The second-order valence-electron chi connectivity index (χ2n) is 5.10. The van der Waals surface area contributed by atoms with Crippen LogP contribution in [-0.4, -0.2) is 28.9 Å². The number of esters is 1. The quantitative estimate of drug-likeness (QED) is 0.490. The molecule has 1 rings (SSSR count). The second kappa shape index (κ2) is 7.22. The van der Waals surface area contributed by atoms with Crippen LogP contribution in [0.1, 0.15) is 26.3 Å². The minimum Gasteiger partial charge on any atom is -0.464 e. The molecule has 0 aliphatic rings. The molecule has 1 aromatic carbocycles. The number of nitro benzene ring substituents is 1. The lowest BCUT2D eigenvalue weighted by atomic mass is 10.0. The number of rotatable bonds is 6. The van der Waals surface area contributed by atoms with Crippen LogP contribution < -0.4 is 5.32 Å². The van der Waals surface area contributed by atoms with E-state index in [1.54, 1.807) is 6.92 Å². The molecule has 0 fully saturated rings. The summed E-state index contributed by atoms with van der Waals surface area (Å²) in [5.74, 6) is -1.10. The first-order valence-electron chi connectivity index (χ1n) is 6.58. The molecule has 0 aliphatic carbocycles. The molecule has 22 heavy (non-hydrogen) atoms. The molecule has 120 valence electrons. The van der Waals surface area contributed by atoms with Crippen LogP contribution in [-0.2, 0) is 20.7 Å². The van der Waals surface area contributed by atoms with E-state index in [2.05, 4.69) is 5.32 Å². The van der Waals surface area contributed by atoms with Crippen molar-refractivity contribution < 1.29 is 19.2 Å². The van der Waals surface area contributed by atoms with Gasteiger partial charge in [0.15, 0.2) is 0 Å². The van der Waals surface area contributed by atoms with Gasteiger partial charge in [-0.1, -0.05) is 17.7 Å². The number of nitrogens with zero attached hydrogens (tertiary/aromatic N) is 1. The van der Waals surface area contributed by atoms with Crippen molar-refractivity contribution in [2.75, 3.05) is 6.61 Å². The van der Waals surface area contributed by atoms with Crippen molar-refractivity contribution >= 4 is 29.2 Å². The van der Waals surface area contributed by atoms with Crippen molar-refractivity contribution in [2.24, 2.45) is 0 Å². The third-order valence-electron chi connectivity index (χ3n) is 2.83. The first-order valence-corrected chi connectivity index (χ1v) is 6.96. The Morgan fingerprint density at radius 1 is 1.41 bits per heavy atom. The highest BCUT2D eigenvalue weighted by Crippen LogP contribution is 2.23. The fourth-order valence-electron chi connectivity index (χ4n) is 1.78. The number of carbonyl (C=O) groups excluding carboxylic acids is 2. The fourth-order valence-corrected chi connectivity index (χ4v) is 1.95. The van der Waals surface area contributed by atoms with E-state index < -0.39 is 22.3 Å². The summed E-state index contributed by atoms with van der Waals surface area (Å²) in [4.78, 5) is 34.1. The van der Waals surface area contributed by atoms with Crippen molar-refractivity contribution in [2.45, 2.75) is 32.7 Å². The van der Waals surface area contributed by atoms with E-state index in [9.17, 15) is 19.7 Å². The maximum atomic E-state index is 12.0. The van der Waals surface area contributed by atoms with Gasteiger partial charge in [-0.3, -0.25) is 14.9 Å². The van der Waals surface area contributed by atoms with Gasteiger partial charge in [0.2, 0.25) is 5.91 Å². The number of hydrogen-bond donors (Lipinski definition) is 1. The van der Waals surface area contributed by atoms with E-state index in [0.29, 0.717) is 0 Å². The zero-order valence-corrected chi connectivity index (χ0v) is 13.3. The minimum absolute atomic E-state index is 0.195. The maximum Gasteiger partial charge on any atom is 0.331 e. The van der Waals surface area contributed by atoms with Gasteiger partial charge in [-0.2, -0.15) is 0 Å². The fraction of sp³-hybridized carbons (Fsp3) is 0.429. The molecule has 0 aromatic heterocycles. The van der Waals surface area contributed by atoms with E-state index in [-0.39, 0.29) is 29.3 Å². The van der Waals surface area contributed by atoms with E-state index in [4.69, 9.17) is 16.3 Å². The summed E-state index contributed by atoms with van der Waals surface area (Å²) >= 11 is 5.71. The molecule has 0 heterocycles. The number of ether oxygens (including phenoxy) is 1. The van der Waals surface area contributed by atoms with Crippen LogP contribution in [0, 0.1) is 10.1 Å². The Morgan fingerprint density at radius 2 is 2.05 bits per heavy atom. The Balaban J connectivity index is 2.86. The molecule has 0 saturated carbocycles. The summed E-state index contributed by atoms with van der Waals surface area (Å²) in [5, 5.41) is 13.7. The van der Waals surface area contributed by atoms with E-state index in [0.717, 1.165) is 0 Å². The van der Waals surface area contributed by atoms with Crippen LogP contribution in [0.25, 0.3) is 0 Å². The van der Waals surface area contributed by atoms with Crippen LogP contribution in [0.4, 0.5) is 5.69 Å². The molecule has 7 nitrogen and oxygen atoms in total. The molecule has 0 saturated heterocycles. The molecule has 1 N–H and O–H groups in total.